The second-order valence-electron chi connectivity index (χ2n) is 8.08. The molecule has 1 N–H and O–H groups in total. The number of amides is 1. The van der Waals surface area contributed by atoms with Crippen LogP contribution in [0, 0.1) is 5.92 Å². The van der Waals surface area contributed by atoms with Crippen LogP contribution in [0.3, 0.4) is 0 Å². The van der Waals surface area contributed by atoms with Crippen molar-refractivity contribution in [2.24, 2.45) is 5.92 Å². The van der Waals surface area contributed by atoms with E-state index in [1.165, 1.54) is 23.4 Å². The van der Waals surface area contributed by atoms with Gasteiger partial charge in [-0.1, -0.05) is 70.4 Å². The molecule has 2 aromatic rings. The number of sulfonamides is 1. The predicted molar refractivity (Wildman–Crippen MR) is 129 cm³/mol. The monoisotopic (exact) mass is 444 g/mol. The molecule has 0 saturated heterocycles. The smallest absolute Gasteiger partial charge is 0.251 e. The van der Waals surface area contributed by atoms with Crippen molar-refractivity contribution in [1.29, 1.82) is 0 Å². The number of hydrogen-bond acceptors (Lipinski definition) is 3. The summed E-state index contributed by atoms with van der Waals surface area (Å²) >= 11 is 0. The van der Waals surface area contributed by atoms with Crippen molar-refractivity contribution in [2.45, 2.75) is 59.4 Å². The fourth-order valence-corrected chi connectivity index (χ4v) is 4.56. The number of nitrogens with zero attached hydrogens (tertiary/aromatic N) is 1. The van der Waals surface area contributed by atoms with Gasteiger partial charge in [-0.25, -0.2) is 8.42 Å². The maximum Gasteiger partial charge on any atom is 0.251 e. The predicted octanol–water partition coefficient (Wildman–Crippen LogP) is 5.16. The molecule has 0 heterocycles. The number of carbonyl (C=O) groups excluding carboxylic acids is 1. The summed E-state index contributed by atoms with van der Waals surface area (Å²) in [6.45, 7) is 7.27. The van der Waals surface area contributed by atoms with Gasteiger partial charge in [0, 0.05) is 12.1 Å². The Morgan fingerprint density at radius 1 is 1.03 bits per heavy atom. The Kier molecular flexibility index (Phi) is 9.56. The molecule has 0 bridgehead atoms. The van der Waals surface area contributed by atoms with Crippen LogP contribution in [0.15, 0.2) is 48.5 Å². The van der Waals surface area contributed by atoms with Crippen LogP contribution < -0.4 is 9.62 Å². The molecular formula is C25H36N2O3S. The molecule has 0 aromatic heterocycles. The quantitative estimate of drug-likeness (QED) is 0.492. The summed E-state index contributed by atoms with van der Waals surface area (Å²) in [6.07, 6.45) is 6.51. The van der Waals surface area contributed by atoms with Crippen LogP contribution in [0.2, 0.25) is 0 Å². The van der Waals surface area contributed by atoms with Gasteiger partial charge >= 0.3 is 0 Å². The minimum atomic E-state index is -3.45. The van der Waals surface area contributed by atoms with Crippen LogP contribution in [-0.2, 0) is 23.0 Å². The van der Waals surface area contributed by atoms with E-state index < -0.39 is 10.0 Å². The number of benzene rings is 2. The molecule has 2 aromatic carbocycles. The summed E-state index contributed by atoms with van der Waals surface area (Å²) in [5.41, 5.74) is 3.11. The summed E-state index contributed by atoms with van der Waals surface area (Å²) in [6, 6.07) is 14.8. The van der Waals surface area contributed by atoms with E-state index in [9.17, 15) is 13.2 Å². The highest BCUT2D eigenvalue weighted by atomic mass is 32.2. The Labute approximate surface area is 187 Å². The first-order chi connectivity index (χ1) is 14.8. The van der Waals surface area contributed by atoms with E-state index in [0.29, 0.717) is 23.7 Å². The second-order valence-corrected chi connectivity index (χ2v) is 9.98. The van der Waals surface area contributed by atoms with Crippen molar-refractivity contribution in [3.05, 3.63) is 65.2 Å². The van der Waals surface area contributed by atoms with Crippen molar-refractivity contribution >= 4 is 21.6 Å². The molecule has 1 amide bonds. The molecule has 0 radical (unpaired) electrons. The zero-order chi connectivity index (χ0) is 22.9. The third-order valence-corrected chi connectivity index (χ3v) is 6.80. The van der Waals surface area contributed by atoms with Crippen molar-refractivity contribution in [3.63, 3.8) is 0 Å². The van der Waals surface area contributed by atoms with E-state index in [4.69, 9.17) is 0 Å². The molecule has 5 nitrogen and oxygen atoms in total. The fraction of sp³-hybridized carbons (Fsp3) is 0.480. The minimum absolute atomic E-state index is 0.0854. The molecule has 0 aliphatic heterocycles. The maximum absolute atomic E-state index is 12.5. The van der Waals surface area contributed by atoms with Gasteiger partial charge in [0.25, 0.3) is 5.91 Å². The lowest BCUT2D eigenvalue weighted by molar-refractivity contribution is 0.0946. The molecule has 6 heteroatoms. The average molecular weight is 445 g/mol. The highest BCUT2D eigenvalue weighted by Crippen LogP contribution is 2.25. The number of carbonyl (C=O) groups is 1. The topological polar surface area (TPSA) is 66.5 Å². The number of para-hydroxylation sites is 1. The number of hydrogen-bond donors (Lipinski definition) is 1. The van der Waals surface area contributed by atoms with Crippen LogP contribution in [-0.4, -0.2) is 27.1 Å². The summed E-state index contributed by atoms with van der Waals surface area (Å²) in [7, 11) is -3.45. The zero-order valence-corrected chi connectivity index (χ0v) is 20.0. The third-order valence-electron chi connectivity index (χ3n) is 5.68. The zero-order valence-electron chi connectivity index (χ0n) is 19.2. The first-order valence-corrected chi connectivity index (χ1v) is 13.1. The van der Waals surface area contributed by atoms with Gasteiger partial charge in [-0.3, -0.25) is 9.10 Å². The number of aryl methyl sites for hydroxylation is 1. The number of nitrogens with one attached hydrogen (secondary N) is 1. The Bertz CT molecular complexity index is 939. The summed E-state index contributed by atoms with van der Waals surface area (Å²) in [5.74, 6) is 0.419. The lowest BCUT2D eigenvalue weighted by Gasteiger charge is -2.25. The summed E-state index contributed by atoms with van der Waals surface area (Å²) in [5, 5.41) is 3.04. The molecule has 1 atom stereocenters. The summed E-state index contributed by atoms with van der Waals surface area (Å²) in [4.78, 5) is 12.5. The lowest BCUT2D eigenvalue weighted by Crippen LogP contribution is -2.30. The highest BCUT2D eigenvalue weighted by molar-refractivity contribution is 7.92. The SMILES string of the molecule is CCCC[C@@H](CC)CNC(=O)c1ccc(CN(c2ccccc2CC)S(C)(=O)=O)cc1. The van der Waals surface area contributed by atoms with Crippen LogP contribution in [0.25, 0.3) is 0 Å². The van der Waals surface area contributed by atoms with E-state index in [-0.39, 0.29) is 12.5 Å². The van der Waals surface area contributed by atoms with Crippen molar-refractivity contribution in [2.75, 3.05) is 17.1 Å². The highest BCUT2D eigenvalue weighted by Gasteiger charge is 2.20. The van der Waals surface area contributed by atoms with Gasteiger partial charge < -0.3 is 5.32 Å². The van der Waals surface area contributed by atoms with E-state index in [1.54, 1.807) is 12.1 Å². The Balaban J connectivity index is 2.10. The minimum Gasteiger partial charge on any atom is -0.352 e. The first-order valence-electron chi connectivity index (χ1n) is 11.2. The van der Waals surface area contributed by atoms with Gasteiger partial charge in [-0.05, 0) is 48.1 Å². The van der Waals surface area contributed by atoms with Gasteiger partial charge in [0.05, 0.1) is 18.5 Å². The van der Waals surface area contributed by atoms with Crippen molar-refractivity contribution < 1.29 is 13.2 Å². The van der Waals surface area contributed by atoms with Crippen LogP contribution >= 0.6 is 0 Å². The number of rotatable bonds is 12. The van der Waals surface area contributed by atoms with Crippen LogP contribution in [0.5, 0.6) is 0 Å². The van der Waals surface area contributed by atoms with Gasteiger partial charge in [-0.15, -0.1) is 0 Å². The molecule has 170 valence electrons. The largest absolute Gasteiger partial charge is 0.352 e. The number of unbranched alkanes of at least 4 members (excludes halogenated alkanes) is 1. The van der Waals surface area contributed by atoms with Crippen LogP contribution in [0.4, 0.5) is 5.69 Å². The summed E-state index contributed by atoms with van der Waals surface area (Å²) < 4.78 is 26.4. The van der Waals surface area contributed by atoms with E-state index in [0.717, 1.165) is 30.4 Å². The third kappa shape index (κ3) is 7.39. The van der Waals surface area contributed by atoms with Crippen molar-refractivity contribution in [3.8, 4) is 0 Å². The van der Waals surface area contributed by atoms with Gasteiger partial charge in [0.15, 0.2) is 0 Å². The Morgan fingerprint density at radius 2 is 1.71 bits per heavy atom. The van der Waals surface area contributed by atoms with E-state index >= 15 is 0 Å². The Morgan fingerprint density at radius 3 is 2.29 bits per heavy atom. The van der Waals surface area contributed by atoms with E-state index in [1.807, 2.05) is 43.3 Å². The molecule has 31 heavy (non-hydrogen) atoms. The molecule has 0 aliphatic rings. The van der Waals surface area contributed by atoms with Crippen LogP contribution in [0.1, 0.15) is 67.9 Å². The second kappa shape index (κ2) is 11.9. The molecular weight excluding hydrogens is 408 g/mol. The average Bonchev–Trinajstić information content (AvgIpc) is 2.77. The molecule has 0 spiro atoms. The van der Waals surface area contributed by atoms with Crippen molar-refractivity contribution in [1.82, 2.24) is 5.32 Å². The molecule has 0 aliphatic carbocycles. The normalized spacial score (nSPS) is 12.4. The Hall–Kier alpha value is -2.34. The van der Waals surface area contributed by atoms with E-state index in [2.05, 4.69) is 19.2 Å². The standard InChI is InChI=1S/C25H36N2O3S/c1-5-8-11-20(6-2)18-26-25(28)23-16-14-21(15-17-23)19-27(31(4,29)30)24-13-10-9-12-22(24)7-3/h9-10,12-17,20H,5-8,11,18-19H2,1-4H3,(H,26,28)/t20-/m1/s1. The fourth-order valence-electron chi connectivity index (χ4n) is 3.64. The van der Waals surface area contributed by atoms with Gasteiger partial charge in [-0.2, -0.15) is 0 Å². The molecule has 2 rings (SSSR count). The molecule has 0 fully saturated rings. The molecule has 0 saturated carbocycles. The maximum atomic E-state index is 12.5. The number of anilines is 1. The van der Waals surface area contributed by atoms with Gasteiger partial charge in [0.2, 0.25) is 10.0 Å². The lowest BCUT2D eigenvalue weighted by atomic mass is 9.99. The molecule has 0 unspecified atom stereocenters. The first kappa shape index (κ1) is 24.9. The van der Waals surface area contributed by atoms with Gasteiger partial charge in [0.1, 0.15) is 0 Å².